The van der Waals surface area contributed by atoms with E-state index in [1.54, 1.807) is 6.21 Å². The number of aliphatic imine (C=N–C) groups is 1. The number of H-pyrrole nitrogens is 1. The molecule has 0 saturated carbocycles. The maximum absolute atomic E-state index is 5.26. The standard InChI is InChI=1S/C10H8N4O2/c1-2-8-9(16-6-15-8)3-7(1)4-11-10-12-5-13-14-10/h1-5H,6H2,(H,12,13,14). The fourth-order valence-corrected chi connectivity index (χ4v) is 1.39. The highest BCUT2D eigenvalue weighted by Crippen LogP contribution is 2.32. The number of aromatic nitrogens is 3. The molecule has 3 rings (SSSR count). The summed E-state index contributed by atoms with van der Waals surface area (Å²) in [5, 5.41) is 6.34. The highest BCUT2D eigenvalue weighted by Gasteiger charge is 2.12. The molecule has 0 aliphatic carbocycles. The third kappa shape index (κ3) is 1.60. The van der Waals surface area contributed by atoms with Crippen LogP contribution in [0.15, 0.2) is 29.5 Å². The average molecular weight is 216 g/mol. The largest absolute Gasteiger partial charge is 0.454 e. The Hall–Kier alpha value is -2.37. The van der Waals surface area contributed by atoms with Crippen LogP contribution in [0.4, 0.5) is 5.95 Å². The predicted molar refractivity (Wildman–Crippen MR) is 56.2 cm³/mol. The first-order valence-corrected chi connectivity index (χ1v) is 4.71. The SMILES string of the molecule is C(=Nc1ncn[nH]1)c1ccc2c(c1)OCO2. The predicted octanol–water partition coefficient (Wildman–Crippen LogP) is 1.28. The van der Waals surface area contributed by atoms with Gasteiger partial charge in [0.1, 0.15) is 6.33 Å². The fraction of sp³-hybridized carbons (Fsp3) is 0.100. The molecule has 0 atom stereocenters. The molecule has 1 aliphatic rings. The van der Waals surface area contributed by atoms with Crippen LogP contribution >= 0.6 is 0 Å². The Bertz CT molecular complexity index is 522. The molecule has 1 aliphatic heterocycles. The molecule has 6 nitrogen and oxygen atoms in total. The van der Waals surface area contributed by atoms with Gasteiger partial charge >= 0.3 is 0 Å². The lowest BCUT2D eigenvalue weighted by Crippen LogP contribution is -1.92. The van der Waals surface area contributed by atoms with Crippen molar-refractivity contribution in [1.82, 2.24) is 15.2 Å². The fourth-order valence-electron chi connectivity index (χ4n) is 1.39. The maximum Gasteiger partial charge on any atom is 0.245 e. The Balaban J connectivity index is 1.85. The van der Waals surface area contributed by atoms with Crippen molar-refractivity contribution in [1.29, 1.82) is 0 Å². The number of fused-ring (bicyclic) bond motifs is 1. The van der Waals surface area contributed by atoms with Crippen LogP contribution in [0.1, 0.15) is 5.56 Å². The zero-order valence-corrected chi connectivity index (χ0v) is 8.25. The molecule has 2 heterocycles. The quantitative estimate of drug-likeness (QED) is 0.767. The van der Waals surface area contributed by atoms with E-state index < -0.39 is 0 Å². The first-order chi connectivity index (χ1) is 7.92. The Morgan fingerprint density at radius 1 is 1.31 bits per heavy atom. The first-order valence-electron chi connectivity index (χ1n) is 4.71. The molecular formula is C10H8N4O2. The van der Waals surface area contributed by atoms with Crippen LogP contribution in [0.25, 0.3) is 0 Å². The molecule has 1 aromatic carbocycles. The van der Waals surface area contributed by atoms with Gasteiger partial charge in [0.25, 0.3) is 0 Å². The van der Waals surface area contributed by atoms with E-state index in [4.69, 9.17) is 9.47 Å². The van der Waals surface area contributed by atoms with Gasteiger partial charge in [0.2, 0.25) is 12.7 Å². The summed E-state index contributed by atoms with van der Waals surface area (Å²) in [6, 6.07) is 5.61. The number of nitrogens with one attached hydrogen (secondary N) is 1. The topological polar surface area (TPSA) is 72.4 Å². The summed E-state index contributed by atoms with van der Waals surface area (Å²) in [5.74, 6) is 1.97. The number of hydrogen-bond acceptors (Lipinski definition) is 5. The normalized spacial score (nSPS) is 13.5. The zero-order chi connectivity index (χ0) is 10.8. The molecule has 2 aromatic rings. The molecule has 1 aromatic heterocycles. The van der Waals surface area contributed by atoms with E-state index in [0.717, 1.165) is 17.1 Å². The summed E-state index contributed by atoms with van der Waals surface area (Å²) < 4.78 is 10.5. The van der Waals surface area contributed by atoms with Crippen molar-refractivity contribution in [2.75, 3.05) is 6.79 Å². The highest BCUT2D eigenvalue weighted by molar-refractivity contribution is 5.82. The Morgan fingerprint density at radius 3 is 3.12 bits per heavy atom. The van der Waals surface area contributed by atoms with Crippen LogP contribution in [0.3, 0.4) is 0 Å². The Morgan fingerprint density at radius 2 is 2.25 bits per heavy atom. The van der Waals surface area contributed by atoms with Gasteiger partial charge < -0.3 is 9.47 Å². The zero-order valence-electron chi connectivity index (χ0n) is 8.25. The van der Waals surface area contributed by atoms with Gasteiger partial charge in [-0.3, -0.25) is 0 Å². The van der Waals surface area contributed by atoms with Gasteiger partial charge in [0.15, 0.2) is 11.5 Å². The number of rotatable bonds is 2. The summed E-state index contributed by atoms with van der Waals surface area (Å²) in [6.45, 7) is 0.276. The minimum Gasteiger partial charge on any atom is -0.454 e. The molecule has 1 N–H and O–H groups in total. The summed E-state index contributed by atoms with van der Waals surface area (Å²) in [4.78, 5) is 7.99. The van der Waals surface area contributed by atoms with Crippen LogP contribution in [-0.2, 0) is 0 Å². The van der Waals surface area contributed by atoms with Gasteiger partial charge in [0, 0.05) is 6.21 Å². The number of hydrogen-bond donors (Lipinski definition) is 1. The van der Waals surface area contributed by atoms with Crippen LogP contribution in [-0.4, -0.2) is 28.2 Å². The van der Waals surface area contributed by atoms with Crippen molar-refractivity contribution < 1.29 is 9.47 Å². The average Bonchev–Trinajstić information content (AvgIpc) is 2.97. The number of nitrogens with zero attached hydrogens (tertiary/aromatic N) is 3. The Kier molecular flexibility index (Phi) is 2.03. The summed E-state index contributed by atoms with van der Waals surface area (Å²) in [6.07, 6.45) is 3.09. The smallest absolute Gasteiger partial charge is 0.245 e. The number of ether oxygens (including phenoxy) is 2. The molecule has 0 amide bonds. The molecule has 0 radical (unpaired) electrons. The molecule has 0 spiro atoms. The number of aromatic amines is 1. The molecule has 0 unspecified atom stereocenters. The molecule has 16 heavy (non-hydrogen) atoms. The lowest BCUT2D eigenvalue weighted by molar-refractivity contribution is 0.174. The molecule has 0 bridgehead atoms. The van der Waals surface area contributed by atoms with Crippen molar-refractivity contribution >= 4 is 12.2 Å². The third-order valence-corrected chi connectivity index (χ3v) is 2.13. The lowest BCUT2D eigenvalue weighted by Gasteiger charge is -1.96. The van der Waals surface area contributed by atoms with Crippen molar-refractivity contribution in [2.45, 2.75) is 0 Å². The Labute approximate surface area is 91.0 Å². The van der Waals surface area contributed by atoms with Crippen molar-refractivity contribution in [3.8, 4) is 11.5 Å². The first kappa shape index (κ1) is 8.90. The van der Waals surface area contributed by atoms with E-state index in [2.05, 4.69) is 20.2 Å². The van der Waals surface area contributed by atoms with E-state index in [0.29, 0.717) is 5.95 Å². The van der Waals surface area contributed by atoms with E-state index in [1.165, 1.54) is 6.33 Å². The van der Waals surface area contributed by atoms with Gasteiger partial charge in [-0.05, 0) is 23.8 Å². The van der Waals surface area contributed by atoms with Crippen molar-refractivity contribution in [2.24, 2.45) is 4.99 Å². The number of benzene rings is 1. The van der Waals surface area contributed by atoms with Gasteiger partial charge in [-0.25, -0.2) is 10.1 Å². The van der Waals surface area contributed by atoms with Crippen LogP contribution in [0, 0.1) is 0 Å². The second kappa shape index (κ2) is 3.65. The van der Waals surface area contributed by atoms with Gasteiger partial charge in [0.05, 0.1) is 0 Å². The van der Waals surface area contributed by atoms with Gasteiger partial charge in [-0.15, -0.1) is 0 Å². The summed E-state index contributed by atoms with van der Waals surface area (Å²) >= 11 is 0. The van der Waals surface area contributed by atoms with Gasteiger partial charge in [-0.1, -0.05) is 0 Å². The molecule has 6 heteroatoms. The minimum absolute atomic E-state index is 0.276. The van der Waals surface area contributed by atoms with E-state index in [1.807, 2.05) is 18.2 Å². The minimum atomic E-state index is 0.276. The third-order valence-electron chi connectivity index (χ3n) is 2.13. The van der Waals surface area contributed by atoms with Crippen molar-refractivity contribution in [3.05, 3.63) is 30.1 Å². The van der Waals surface area contributed by atoms with Crippen LogP contribution in [0.5, 0.6) is 11.5 Å². The van der Waals surface area contributed by atoms with E-state index in [9.17, 15) is 0 Å². The highest BCUT2D eigenvalue weighted by atomic mass is 16.7. The second-order valence-corrected chi connectivity index (χ2v) is 3.18. The van der Waals surface area contributed by atoms with E-state index >= 15 is 0 Å². The van der Waals surface area contributed by atoms with Crippen LogP contribution < -0.4 is 9.47 Å². The van der Waals surface area contributed by atoms with Crippen LogP contribution in [0.2, 0.25) is 0 Å². The summed E-state index contributed by atoms with van der Waals surface area (Å²) in [5.41, 5.74) is 0.917. The monoisotopic (exact) mass is 216 g/mol. The molecule has 80 valence electrons. The van der Waals surface area contributed by atoms with Crippen molar-refractivity contribution in [3.63, 3.8) is 0 Å². The second-order valence-electron chi connectivity index (χ2n) is 3.18. The van der Waals surface area contributed by atoms with E-state index in [-0.39, 0.29) is 6.79 Å². The van der Waals surface area contributed by atoms with Gasteiger partial charge in [-0.2, -0.15) is 10.1 Å². The maximum atomic E-state index is 5.26. The molecule has 0 fully saturated rings. The summed E-state index contributed by atoms with van der Waals surface area (Å²) in [7, 11) is 0. The lowest BCUT2D eigenvalue weighted by atomic mass is 10.2. The molecular weight excluding hydrogens is 208 g/mol. The molecule has 0 saturated heterocycles.